The molecule has 0 saturated carbocycles. The number of amides is 1. The Balaban J connectivity index is 1.94. The summed E-state index contributed by atoms with van der Waals surface area (Å²) in [6.45, 7) is 2.39. The molecule has 1 amide bonds. The lowest BCUT2D eigenvalue weighted by Gasteiger charge is -2.08. The summed E-state index contributed by atoms with van der Waals surface area (Å²) >= 11 is 0. The van der Waals surface area contributed by atoms with Crippen LogP contribution in [0.3, 0.4) is 0 Å². The molecule has 0 aromatic heterocycles. The smallest absolute Gasteiger partial charge is 0.224 e. The van der Waals surface area contributed by atoms with Gasteiger partial charge in [0.15, 0.2) is 0 Å². The molecular formula is C17H19FN2O. The summed E-state index contributed by atoms with van der Waals surface area (Å²) < 4.78 is 13.2. The first kappa shape index (κ1) is 15.0. The van der Waals surface area contributed by atoms with Crippen molar-refractivity contribution >= 4 is 11.6 Å². The van der Waals surface area contributed by atoms with Crippen LogP contribution in [0.5, 0.6) is 0 Å². The van der Waals surface area contributed by atoms with Gasteiger partial charge in [-0.3, -0.25) is 4.79 Å². The highest BCUT2D eigenvalue weighted by molar-refractivity contribution is 5.78. The lowest BCUT2D eigenvalue weighted by Crippen LogP contribution is -2.19. The molecule has 0 fully saturated rings. The van der Waals surface area contributed by atoms with Crippen molar-refractivity contribution in [2.45, 2.75) is 19.9 Å². The zero-order chi connectivity index (χ0) is 15.2. The van der Waals surface area contributed by atoms with E-state index in [2.05, 4.69) is 10.6 Å². The highest BCUT2D eigenvalue weighted by atomic mass is 19.1. The third kappa shape index (κ3) is 4.31. The maximum absolute atomic E-state index is 13.2. The summed E-state index contributed by atoms with van der Waals surface area (Å²) in [7, 11) is 1.63. The fourth-order valence-electron chi connectivity index (χ4n) is 2.04. The fraction of sp³-hybridized carbons (Fsp3) is 0.235. The van der Waals surface area contributed by atoms with E-state index in [1.54, 1.807) is 20.0 Å². The lowest BCUT2D eigenvalue weighted by atomic mass is 10.1. The third-order valence-corrected chi connectivity index (χ3v) is 3.32. The Kier molecular flexibility index (Phi) is 4.93. The molecule has 2 aromatic carbocycles. The van der Waals surface area contributed by atoms with Crippen molar-refractivity contribution in [3.05, 3.63) is 65.0 Å². The Labute approximate surface area is 124 Å². The van der Waals surface area contributed by atoms with Crippen LogP contribution in [0.15, 0.2) is 42.5 Å². The van der Waals surface area contributed by atoms with Crippen LogP contribution in [0.1, 0.15) is 16.7 Å². The minimum Gasteiger partial charge on any atom is -0.381 e. The minimum atomic E-state index is -0.183. The summed E-state index contributed by atoms with van der Waals surface area (Å²) in [6, 6.07) is 12.8. The number of hydrogen-bond donors (Lipinski definition) is 2. The average Bonchev–Trinajstić information content (AvgIpc) is 2.50. The number of likely N-dealkylation sites (N-methyl/N-ethyl adjacent to an activating group) is 1. The average molecular weight is 286 g/mol. The van der Waals surface area contributed by atoms with Gasteiger partial charge in [-0.1, -0.05) is 24.3 Å². The van der Waals surface area contributed by atoms with Crippen LogP contribution in [0, 0.1) is 12.7 Å². The molecule has 4 heteroatoms. The van der Waals surface area contributed by atoms with E-state index in [4.69, 9.17) is 0 Å². The largest absolute Gasteiger partial charge is 0.381 e. The maximum atomic E-state index is 13.2. The van der Waals surface area contributed by atoms with Crippen molar-refractivity contribution in [2.24, 2.45) is 0 Å². The van der Waals surface area contributed by atoms with Crippen LogP contribution < -0.4 is 10.6 Å². The number of aryl methyl sites for hydroxylation is 1. The van der Waals surface area contributed by atoms with Gasteiger partial charge in [0.05, 0.1) is 6.42 Å². The van der Waals surface area contributed by atoms with Gasteiger partial charge < -0.3 is 10.6 Å². The van der Waals surface area contributed by atoms with E-state index >= 15 is 0 Å². The Morgan fingerprint density at radius 3 is 2.38 bits per heavy atom. The second-order valence-electron chi connectivity index (χ2n) is 4.98. The summed E-state index contributed by atoms with van der Waals surface area (Å²) in [6.07, 6.45) is 0.383. The zero-order valence-corrected chi connectivity index (χ0v) is 12.2. The number of halogens is 1. The van der Waals surface area contributed by atoms with E-state index in [1.807, 2.05) is 30.3 Å². The van der Waals surface area contributed by atoms with Gasteiger partial charge in [-0.05, 0) is 41.8 Å². The molecule has 21 heavy (non-hydrogen) atoms. The first-order chi connectivity index (χ1) is 10.1. The summed E-state index contributed by atoms with van der Waals surface area (Å²) in [4.78, 5) is 11.3. The summed E-state index contributed by atoms with van der Waals surface area (Å²) in [5.41, 5.74) is 3.62. The van der Waals surface area contributed by atoms with E-state index in [-0.39, 0.29) is 11.7 Å². The molecule has 0 aliphatic rings. The second-order valence-corrected chi connectivity index (χ2v) is 4.98. The Morgan fingerprint density at radius 1 is 1.10 bits per heavy atom. The van der Waals surface area contributed by atoms with Crippen LogP contribution in [0.2, 0.25) is 0 Å². The molecule has 0 heterocycles. The highest BCUT2D eigenvalue weighted by Gasteiger charge is 2.02. The van der Waals surface area contributed by atoms with Gasteiger partial charge in [-0.2, -0.15) is 0 Å². The topological polar surface area (TPSA) is 41.1 Å². The predicted molar refractivity (Wildman–Crippen MR) is 82.7 cm³/mol. The number of hydrogen-bond acceptors (Lipinski definition) is 2. The number of rotatable bonds is 5. The van der Waals surface area contributed by atoms with Gasteiger partial charge in [0, 0.05) is 19.3 Å². The second kappa shape index (κ2) is 6.88. The van der Waals surface area contributed by atoms with Crippen LogP contribution in [-0.2, 0) is 17.8 Å². The van der Waals surface area contributed by atoms with Crippen molar-refractivity contribution in [1.82, 2.24) is 5.32 Å². The SMILES string of the molecule is CNC(=O)Cc1ccc(NCc2ccc(F)c(C)c2)cc1. The van der Waals surface area contributed by atoms with Gasteiger partial charge in [0.25, 0.3) is 0 Å². The summed E-state index contributed by atoms with van der Waals surface area (Å²) in [5, 5.41) is 5.88. The van der Waals surface area contributed by atoms with Gasteiger partial charge in [-0.25, -0.2) is 4.39 Å². The number of benzene rings is 2. The van der Waals surface area contributed by atoms with Crippen LogP contribution in [0.25, 0.3) is 0 Å². The van der Waals surface area contributed by atoms with Crippen molar-refractivity contribution in [3.8, 4) is 0 Å². The van der Waals surface area contributed by atoms with E-state index in [0.29, 0.717) is 18.5 Å². The van der Waals surface area contributed by atoms with E-state index in [0.717, 1.165) is 16.8 Å². The molecule has 2 N–H and O–H groups in total. The molecule has 110 valence electrons. The van der Waals surface area contributed by atoms with Gasteiger partial charge >= 0.3 is 0 Å². The standard InChI is InChI=1S/C17H19FN2O/c1-12-9-14(5-8-16(12)18)11-20-15-6-3-13(4-7-15)10-17(21)19-2/h3-9,20H,10-11H2,1-2H3,(H,19,21). The molecule has 0 saturated heterocycles. The third-order valence-electron chi connectivity index (χ3n) is 3.32. The zero-order valence-electron chi connectivity index (χ0n) is 12.2. The van der Waals surface area contributed by atoms with Crippen molar-refractivity contribution in [2.75, 3.05) is 12.4 Å². The Morgan fingerprint density at radius 2 is 1.76 bits per heavy atom. The van der Waals surface area contributed by atoms with E-state index < -0.39 is 0 Å². The Bertz CT molecular complexity index is 623. The molecular weight excluding hydrogens is 267 g/mol. The summed E-state index contributed by atoms with van der Waals surface area (Å²) in [5.74, 6) is -0.185. The van der Waals surface area contributed by atoms with Crippen LogP contribution in [0.4, 0.5) is 10.1 Å². The number of carbonyl (C=O) groups is 1. The molecule has 0 unspecified atom stereocenters. The Hall–Kier alpha value is -2.36. The highest BCUT2D eigenvalue weighted by Crippen LogP contribution is 2.14. The predicted octanol–water partition coefficient (Wildman–Crippen LogP) is 3.03. The normalized spacial score (nSPS) is 10.2. The molecule has 3 nitrogen and oxygen atoms in total. The molecule has 0 atom stereocenters. The molecule has 2 rings (SSSR count). The quantitative estimate of drug-likeness (QED) is 0.887. The van der Waals surface area contributed by atoms with Gasteiger partial charge in [0.2, 0.25) is 5.91 Å². The van der Waals surface area contributed by atoms with Gasteiger partial charge in [-0.15, -0.1) is 0 Å². The van der Waals surface area contributed by atoms with E-state index in [9.17, 15) is 9.18 Å². The first-order valence-corrected chi connectivity index (χ1v) is 6.87. The first-order valence-electron chi connectivity index (χ1n) is 6.87. The number of nitrogens with one attached hydrogen (secondary N) is 2. The molecule has 2 aromatic rings. The van der Waals surface area contributed by atoms with Crippen LogP contribution in [-0.4, -0.2) is 13.0 Å². The molecule has 0 bridgehead atoms. The lowest BCUT2D eigenvalue weighted by molar-refractivity contribution is -0.119. The fourth-order valence-corrected chi connectivity index (χ4v) is 2.04. The minimum absolute atomic E-state index is 0.00232. The van der Waals surface area contributed by atoms with Crippen molar-refractivity contribution in [1.29, 1.82) is 0 Å². The molecule has 0 aliphatic carbocycles. The maximum Gasteiger partial charge on any atom is 0.224 e. The number of anilines is 1. The number of carbonyl (C=O) groups excluding carboxylic acids is 1. The monoisotopic (exact) mass is 286 g/mol. The molecule has 0 aliphatic heterocycles. The van der Waals surface area contributed by atoms with E-state index in [1.165, 1.54) is 6.07 Å². The molecule has 0 spiro atoms. The van der Waals surface area contributed by atoms with Crippen molar-refractivity contribution in [3.63, 3.8) is 0 Å². The van der Waals surface area contributed by atoms with Crippen molar-refractivity contribution < 1.29 is 9.18 Å². The van der Waals surface area contributed by atoms with Gasteiger partial charge in [0.1, 0.15) is 5.82 Å². The molecule has 0 radical (unpaired) electrons. The van der Waals surface area contributed by atoms with Crippen LogP contribution >= 0.6 is 0 Å².